The summed E-state index contributed by atoms with van der Waals surface area (Å²) < 4.78 is 42.0. The number of carbonyl (C=O) groups is 1. The van der Waals surface area contributed by atoms with Gasteiger partial charge in [-0.15, -0.1) is 11.3 Å². The summed E-state index contributed by atoms with van der Waals surface area (Å²) in [6.45, 7) is 4.02. The molecule has 0 fully saturated rings. The zero-order valence-corrected chi connectivity index (χ0v) is 18.8. The number of aromatic nitrogens is 1. The average Bonchev–Trinajstić information content (AvgIpc) is 3.16. The summed E-state index contributed by atoms with van der Waals surface area (Å²) >= 11 is 1.44. The Bertz CT molecular complexity index is 1220. The standard InChI is InChI=1S/C22H22FN3O3S2/c1-15-24-19(14-30-15)13-26(20-7-5-18(23)6-8-20)31(28,29)21-9-10-22-17(12-21)4-3-11-25(22)16(2)27/h5-10,12,14H,3-4,11,13H2,1-2H3. The molecule has 2 aromatic carbocycles. The average molecular weight is 460 g/mol. The third-order valence-corrected chi connectivity index (χ3v) is 7.82. The minimum atomic E-state index is -3.96. The van der Waals surface area contributed by atoms with Crippen LogP contribution in [0, 0.1) is 12.7 Å². The fourth-order valence-electron chi connectivity index (χ4n) is 3.74. The van der Waals surface area contributed by atoms with Crippen molar-refractivity contribution in [1.29, 1.82) is 0 Å². The molecule has 1 aliphatic rings. The van der Waals surface area contributed by atoms with Crippen LogP contribution in [0.2, 0.25) is 0 Å². The number of hydrogen-bond acceptors (Lipinski definition) is 5. The number of aryl methyl sites for hydroxylation is 2. The van der Waals surface area contributed by atoms with E-state index in [1.165, 1.54) is 52.9 Å². The first kappa shape index (κ1) is 21.5. The number of thiazole rings is 1. The summed E-state index contributed by atoms with van der Waals surface area (Å²) in [6, 6.07) is 10.2. The van der Waals surface area contributed by atoms with Crippen LogP contribution in [0.5, 0.6) is 0 Å². The van der Waals surface area contributed by atoms with Crippen molar-refractivity contribution in [2.75, 3.05) is 15.7 Å². The van der Waals surface area contributed by atoms with Crippen molar-refractivity contribution in [2.24, 2.45) is 0 Å². The van der Waals surface area contributed by atoms with E-state index < -0.39 is 15.8 Å². The number of hydrogen-bond donors (Lipinski definition) is 0. The molecule has 162 valence electrons. The highest BCUT2D eigenvalue weighted by atomic mass is 32.2. The van der Waals surface area contributed by atoms with Crippen LogP contribution in [0.3, 0.4) is 0 Å². The first-order valence-electron chi connectivity index (χ1n) is 9.86. The van der Waals surface area contributed by atoms with Crippen molar-refractivity contribution in [1.82, 2.24) is 4.98 Å². The lowest BCUT2D eigenvalue weighted by Crippen LogP contribution is -2.34. The zero-order chi connectivity index (χ0) is 22.2. The molecule has 0 saturated carbocycles. The Hall–Kier alpha value is -2.78. The van der Waals surface area contributed by atoms with Gasteiger partial charge in [0.25, 0.3) is 10.0 Å². The predicted octanol–water partition coefficient (Wildman–Crippen LogP) is 4.29. The molecule has 1 aromatic heterocycles. The molecule has 1 aliphatic heterocycles. The quantitative estimate of drug-likeness (QED) is 0.571. The lowest BCUT2D eigenvalue weighted by Gasteiger charge is -2.30. The second-order valence-corrected chi connectivity index (χ2v) is 10.3. The smallest absolute Gasteiger partial charge is 0.264 e. The van der Waals surface area contributed by atoms with E-state index in [1.807, 2.05) is 12.3 Å². The lowest BCUT2D eigenvalue weighted by atomic mass is 10.0. The summed E-state index contributed by atoms with van der Waals surface area (Å²) in [5.74, 6) is -0.507. The van der Waals surface area contributed by atoms with E-state index >= 15 is 0 Å². The Balaban J connectivity index is 1.76. The zero-order valence-electron chi connectivity index (χ0n) is 17.2. The number of benzene rings is 2. The molecule has 3 aromatic rings. The highest BCUT2D eigenvalue weighted by Gasteiger charge is 2.28. The van der Waals surface area contributed by atoms with Gasteiger partial charge in [-0.1, -0.05) is 0 Å². The van der Waals surface area contributed by atoms with Crippen molar-refractivity contribution in [2.45, 2.75) is 38.1 Å². The number of rotatable bonds is 5. The molecule has 0 saturated heterocycles. The van der Waals surface area contributed by atoms with E-state index in [1.54, 1.807) is 17.0 Å². The maximum Gasteiger partial charge on any atom is 0.264 e. The molecule has 0 N–H and O–H groups in total. The Morgan fingerprint density at radius 3 is 2.61 bits per heavy atom. The number of carbonyl (C=O) groups excluding carboxylic acids is 1. The topological polar surface area (TPSA) is 70.6 Å². The number of nitrogens with zero attached hydrogens (tertiary/aromatic N) is 3. The molecule has 0 aliphatic carbocycles. The molecule has 9 heteroatoms. The van der Waals surface area contributed by atoms with Crippen LogP contribution in [0.1, 0.15) is 29.6 Å². The number of amides is 1. The van der Waals surface area contributed by atoms with Gasteiger partial charge in [0.15, 0.2) is 0 Å². The molecule has 4 rings (SSSR count). The van der Waals surface area contributed by atoms with Gasteiger partial charge >= 0.3 is 0 Å². The summed E-state index contributed by atoms with van der Waals surface area (Å²) in [6.07, 6.45) is 1.47. The molecule has 1 amide bonds. The van der Waals surface area contributed by atoms with Gasteiger partial charge in [-0.25, -0.2) is 17.8 Å². The maximum absolute atomic E-state index is 13.7. The van der Waals surface area contributed by atoms with Crippen molar-refractivity contribution in [3.05, 3.63) is 69.9 Å². The van der Waals surface area contributed by atoms with Crippen LogP contribution in [-0.2, 0) is 27.8 Å². The summed E-state index contributed by atoms with van der Waals surface area (Å²) in [7, 11) is -3.96. The van der Waals surface area contributed by atoms with Gasteiger partial charge in [0, 0.05) is 24.5 Å². The molecule has 0 unspecified atom stereocenters. The van der Waals surface area contributed by atoms with Gasteiger partial charge in [-0.05, 0) is 67.8 Å². The minimum Gasteiger partial charge on any atom is -0.312 e. The maximum atomic E-state index is 13.7. The highest BCUT2D eigenvalue weighted by molar-refractivity contribution is 7.92. The van der Waals surface area contributed by atoms with Crippen molar-refractivity contribution in [3.63, 3.8) is 0 Å². The first-order chi connectivity index (χ1) is 14.8. The van der Waals surface area contributed by atoms with Crippen LogP contribution in [0.25, 0.3) is 0 Å². The lowest BCUT2D eigenvalue weighted by molar-refractivity contribution is -0.116. The third-order valence-electron chi connectivity index (χ3n) is 5.22. The van der Waals surface area contributed by atoms with Gasteiger partial charge in [0.05, 0.1) is 27.8 Å². The van der Waals surface area contributed by atoms with E-state index in [0.717, 1.165) is 22.7 Å². The molecule has 0 radical (unpaired) electrons. The second-order valence-electron chi connectivity index (χ2n) is 7.41. The van der Waals surface area contributed by atoms with Gasteiger partial charge in [0.1, 0.15) is 5.82 Å². The van der Waals surface area contributed by atoms with Crippen LogP contribution >= 0.6 is 11.3 Å². The third kappa shape index (κ3) is 4.33. The molecular weight excluding hydrogens is 437 g/mol. The molecular formula is C22H22FN3O3S2. The predicted molar refractivity (Wildman–Crippen MR) is 119 cm³/mol. The summed E-state index contributed by atoms with van der Waals surface area (Å²) in [4.78, 5) is 18.1. The molecule has 2 heterocycles. The fraction of sp³-hybridized carbons (Fsp3) is 0.273. The van der Waals surface area contributed by atoms with E-state index in [-0.39, 0.29) is 17.3 Å². The van der Waals surface area contributed by atoms with Crippen LogP contribution in [-0.4, -0.2) is 25.9 Å². The van der Waals surface area contributed by atoms with Crippen molar-refractivity contribution in [3.8, 4) is 0 Å². The van der Waals surface area contributed by atoms with Gasteiger partial charge in [-0.3, -0.25) is 9.10 Å². The van der Waals surface area contributed by atoms with Crippen molar-refractivity contribution < 1.29 is 17.6 Å². The normalized spacial score (nSPS) is 13.7. The molecule has 0 bridgehead atoms. The van der Waals surface area contributed by atoms with Gasteiger partial charge in [-0.2, -0.15) is 0 Å². The molecule has 31 heavy (non-hydrogen) atoms. The highest BCUT2D eigenvalue weighted by Crippen LogP contribution is 2.32. The monoisotopic (exact) mass is 459 g/mol. The molecule has 6 nitrogen and oxygen atoms in total. The van der Waals surface area contributed by atoms with Crippen LogP contribution in [0.15, 0.2) is 52.7 Å². The summed E-state index contributed by atoms with van der Waals surface area (Å²) in [5.41, 5.74) is 2.55. The number of halogens is 1. The SMILES string of the molecule is CC(=O)N1CCCc2cc(S(=O)(=O)N(Cc3csc(C)n3)c3ccc(F)cc3)ccc21. The fourth-order valence-corrected chi connectivity index (χ4v) is 5.83. The van der Waals surface area contributed by atoms with Gasteiger partial charge < -0.3 is 4.90 Å². The minimum absolute atomic E-state index is 0.0367. The Morgan fingerprint density at radius 1 is 1.23 bits per heavy atom. The summed E-state index contributed by atoms with van der Waals surface area (Å²) in [5, 5.41) is 2.66. The van der Waals surface area contributed by atoms with Crippen LogP contribution < -0.4 is 9.21 Å². The Kier molecular flexibility index (Phi) is 5.81. The van der Waals surface area contributed by atoms with E-state index in [0.29, 0.717) is 24.3 Å². The van der Waals surface area contributed by atoms with E-state index in [9.17, 15) is 17.6 Å². The first-order valence-corrected chi connectivity index (χ1v) is 12.2. The van der Waals surface area contributed by atoms with E-state index in [2.05, 4.69) is 4.98 Å². The largest absolute Gasteiger partial charge is 0.312 e. The number of fused-ring (bicyclic) bond motifs is 1. The van der Waals surface area contributed by atoms with E-state index in [4.69, 9.17) is 0 Å². The number of anilines is 2. The number of sulfonamides is 1. The molecule has 0 atom stereocenters. The van der Waals surface area contributed by atoms with Crippen molar-refractivity contribution >= 4 is 38.6 Å². The second kappa shape index (κ2) is 8.39. The Labute approximate surface area is 185 Å². The van der Waals surface area contributed by atoms with Gasteiger partial charge in [0.2, 0.25) is 5.91 Å². The molecule has 0 spiro atoms. The van der Waals surface area contributed by atoms with Crippen LogP contribution in [0.4, 0.5) is 15.8 Å². The Morgan fingerprint density at radius 2 is 1.97 bits per heavy atom.